The highest BCUT2D eigenvalue weighted by Gasteiger charge is 2.46. The lowest BCUT2D eigenvalue weighted by atomic mass is 9.86. The summed E-state index contributed by atoms with van der Waals surface area (Å²) >= 11 is 0. The van der Waals surface area contributed by atoms with E-state index in [0.29, 0.717) is 19.7 Å². The maximum atomic E-state index is 13.3. The van der Waals surface area contributed by atoms with Crippen molar-refractivity contribution in [3.8, 4) is 5.75 Å². The van der Waals surface area contributed by atoms with E-state index in [2.05, 4.69) is 28.0 Å². The summed E-state index contributed by atoms with van der Waals surface area (Å²) in [5, 5.41) is 0. The molecule has 2 aliphatic heterocycles. The fourth-order valence-corrected chi connectivity index (χ4v) is 6.26. The van der Waals surface area contributed by atoms with Crippen LogP contribution in [0.3, 0.4) is 0 Å². The molecule has 3 aromatic carbocycles. The molecule has 6 heteroatoms. The number of nitrogens with zero attached hydrogens (tertiary/aromatic N) is 3. The molecular weight excluding hydrogens is 510 g/mol. The van der Waals surface area contributed by atoms with Gasteiger partial charge in [0.25, 0.3) is 5.91 Å². The van der Waals surface area contributed by atoms with Gasteiger partial charge in [0.05, 0.1) is 5.41 Å². The Labute approximate surface area is 244 Å². The molecule has 0 aliphatic carbocycles. The molecule has 0 saturated carbocycles. The summed E-state index contributed by atoms with van der Waals surface area (Å²) in [6.07, 6.45) is 2.70. The molecule has 0 unspecified atom stereocenters. The summed E-state index contributed by atoms with van der Waals surface area (Å²) in [7, 11) is 0. The zero-order valence-electron chi connectivity index (χ0n) is 24.9. The minimum atomic E-state index is -0.459. The van der Waals surface area contributed by atoms with Crippen LogP contribution in [0.4, 0.5) is 5.69 Å². The second-order valence-corrected chi connectivity index (χ2v) is 11.7. The Bertz CT molecular complexity index is 1360. The molecule has 0 atom stereocenters. The molecule has 3 aromatic rings. The molecule has 6 nitrogen and oxygen atoms in total. The van der Waals surface area contributed by atoms with Gasteiger partial charge < -0.3 is 14.5 Å². The number of carbonyl (C=O) groups is 2. The number of likely N-dealkylation sites (tertiary alicyclic amines) is 1. The van der Waals surface area contributed by atoms with Crippen LogP contribution in [-0.2, 0) is 16.6 Å². The molecule has 0 spiro atoms. The van der Waals surface area contributed by atoms with E-state index in [1.54, 1.807) is 0 Å². The molecule has 0 bridgehead atoms. The minimum absolute atomic E-state index is 0.0787. The highest BCUT2D eigenvalue weighted by atomic mass is 16.5. The van der Waals surface area contributed by atoms with Crippen molar-refractivity contribution in [2.45, 2.75) is 58.4 Å². The van der Waals surface area contributed by atoms with Crippen molar-refractivity contribution < 1.29 is 14.3 Å². The average Bonchev–Trinajstić information content (AvgIpc) is 3.20. The Balaban J connectivity index is 1.13. The average molecular weight is 554 g/mol. The molecule has 1 saturated heterocycles. The van der Waals surface area contributed by atoms with Gasteiger partial charge in [0, 0.05) is 56.4 Å². The number of ether oxygens (including phenoxy) is 1. The third-order valence-electron chi connectivity index (χ3n) is 8.80. The molecule has 2 amide bonds. The normalized spacial score (nSPS) is 17.0. The first-order chi connectivity index (χ1) is 19.8. The molecule has 216 valence electrons. The van der Waals surface area contributed by atoms with Crippen molar-refractivity contribution in [3.63, 3.8) is 0 Å². The second kappa shape index (κ2) is 12.5. The fraction of sp³-hybridized carbons (Fsp3) is 0.429. The topological polar surface area (TPSA) is 53.1 Å². The molecule has 2 aliphatic rings. The number of benzene rings is 3. The van der Waals surface area contributed by atoms with Gasteiger partial charge in [0.2, 0.25) is 5.91 Å². The van der Waals surface area contributed by atoms with E-state index in [0.717, 1.165) is 72.6 Å². The fourth-order valence-electron chi connectivity index (χ4n) is 6.26. The first-order valence-electron chi connectivity index (χ1n) is 15.1. The Morgan fingerprint density at radius 3 is 2.29 bits per heavy atom. The van der Waals surface area contributed by atoms with Crippen molar-refractivity contribution in [1.29, 1.82) is 0 Å². The van der Waals surface area contributed by atoms with Crippen LogP contribution in [0, 0.1) is 0 Å². The van der Waals surface area contributed by atoms with Crippen LogP contribution >= 0.6 is 0 Å². The number of anilines is 1. The van der Waals surface area contributed by atoms with Gasteiger partial charge in [-0.2, -0.15) is 0 Å². The number of carbonyl (C=O) groups excluding carboxylic acids is 2. The Morgan fingerprint density at radius 2 is 1.59 bits per heavy atom. The minimum Gasteiger partial charge on any atom is -0.492 e. The quantitative estimate of drug-likeness (QED) is 0.313. The number of fused-ring (bicyclic) bond motifs is 1. The van der Waals surface area contributed by atoms with Crippen LogP contribution < -0.4 is 9.64 Å². The van der Waals surface area contributed by atoms with Gasteiger partial charge in [-0.05, 0) is 81.5 Å². The lowest BCUT2D eigenvalue weighted by molar-refractivity contribution is -0.122. The zero-order chi connectivity index (χ0) is 29.0. The smallest absolute Gasteiger partial charge is 0.253 e. The van der Waals surface area contributed by atoms with Crippen LogP contribution in [-0.4, -0.2) is 67.0 Å². The van der Waals surface area contributed by atoms with Crippen LogP contribution in [0.2, 0.25) is 0 Å². The summed E-state index contributed by atoms with van der Waals surface area (Å²) in [6, 6.07) is 24.7. The lowest BCUT2D eigenvalue weighted by Crippen LogP contribution is -2.49. The van der Waals surface area contributed by atoms with E-state index in [1.807, 2.05) is 87.2 Å². The Kier molecular flexibility index (Phi) is 8.79. The maximum absolute atomic E-state index is 13.3. The Morgan fingerprint density at radius 1 is 0.927 bits per heavy atom. The molecule has 5 rings (SSSR count). The number of hydrogen-bond donors (Lipinski definition) is 0. The standard InChI is InChI=1S/C35H43N3O3/c1-5-37(6-2)33(39)27-17-15-26(16-18-27)25-28-11-7-10-14-32(28)41-24-23-36-21-19-29(20-22-36)38-31-13-9-8-12-30(31)35(3,4)34(38)40/h7-18,29H,5-6,19-25H2,1-4H3. The van der Waals surface area contributed by atoms with Crippen molar-refractivity contribution in [1.82, 2.24) is 9.80 Å². The van der Waals surface area contributed by atoms with E-state index in [4.69, 9.17) is 4.74 Å². The number of piperidine rings is 1. The van der Waals surface area contributed by atoms with E-state index < -0.39 is 5.41 Å². The molecular formula is C35H43N3O3. The number of para-hydroxylation sites is 2. The van der Waals surface area contributed by atoms with Crippen molar-refractivity contribution >= 4 is 17.5 Å². The van der Waals surface area contributed by atoms with Crippen LogP contribution in [0.5, 0.6) is 5.75 Å². The van der Waals surface area contributed by atoms with Crippen LogP contribution in [0.15, 0.2) is 72.8 Å². The summed E-state index contributed by atoms with van der Waals surface area (Å²) in [5.41, 5.74) is 4.80. The highest BCUT2D eigenvalue weighted by Crippen LogP contribution is 2.43. The summed E-state index contributed by atoms with van der Waals surface area (Å²) < 4.78 is 6.29. The van der Waals surface area contributed by atoms with Crippen molar-refractivity contribution in [2.75, 3.05) is 44.2 Å². The van der Waals surface area contributed by atoms with Gasteiger partial charge in [-0.3, -0.25) is 14.5 Å². The summed E-state index contributed by atoms with van der Waals surface area (Å²) in [4.78, 5) is 32.3. The predicted octanol–water partition coefficient (Wildman–Crippen LogP) is 5.93. The van der Waals surface area contributed by atoms with E-state index in [9.17, 15) is 9.59 Å². The first kappa shape index (κ1) is 28.9. The van der Waals surface area contributed by atoms with Gasteiger partial charge in [-0.1, -0.05) is 48.5 Å². The largest absolute Gasteiger partial charge is 0.492 e. The zero-order valence-corrected chi connectivity index (χ0v) is 24.9. The third-order valence-corrected chi connectivity index (χ3v) is 8.80. The van der Waals surface area contributed by atoms with Gasteiger partial charge in [-0.25, -0.2) is 0 Å². The SMILES string of the molecule is CCN(CC)C(=O)c1ccc(Cc2ccccc2OCCN2CCC(N3C(=O)C(C)(C)c4ccccc43)CC2)cc1. The van der Waals surface area contributed by atoms with E-state index >= 15 is 0 Å². The van der Waals surface area contributed by atoms with E-state index in [1.165, 1.54) is 0 Å². The first-order valence-corrected chi connectivity index (χ1v) is 15.1. The monoisotopic (exact) mass is 553 g/mol. The lowest BCUT2D eigenvalue weighted by Gasteiger charge is -2.37. The van der Waals surface area contributed by atoms with Gasteiger partial charge in [-0.15, -0.1) is 0 Å². The molecule has 41 heavy (non-hydrogen) atoms. The van der Waals surface area contributed by atoms with Gasteiger partial charge in [0.1, 0.15) is 12.4 Å². The number of hydrogen-bond acceptors (Lipinski definition) is 4. The molecule has 0 aromatic heterocycles. The van der Waals surface area contributed by atoms with Crippen molar-refractivity contribution in [3.05, 3.63) is 95.1 Å². The van der Waals surface area contributed by atoms with E-state index in [-0.39, 0.29) is 17.9 Å². The second-order valence-electron chi connectivity index (χ2n) is 11.7. The summed E-state index contributed by atoms with van der Waals surface area (Å²) in [6.45, 7) is 12.9. The molecule has 2 heterocycles. The van der Waals surface area contributed by atoms with Gasteiger partial charge >= 0.3 is 0 Å². The van der Waals surface area contributed by atoms with Gasteiger partial charge in [0.15, 0.2) is 0 Å². The molecule has 0 radical (unpaired) electrons. The third kappa shape index (κ3) is 6.03. The predicted molar refractivity (Wildman–Crippen MR) is 165 cm³/mol. The maximum Gasteiger partial charge on any atom is 0.253 e. The molecule has 1 fully saturated rings. The molecule has 0 N–H and O–H groups in total. The number of rotatable bonds is 10. The van der Waals surface area contributed by atoms with Crippen LogP contribution in [0.1, 0.15) is 67.6 Å². The van der Waals surface area contributed by atoms with Crippen LogP contribution in [0.25, 0.3) is 0 Å². The van der Waals surface area contributed by atoms with Crippen molar-refractivity contribution in [2.24, 2.45) is 0 Å². The highest BCUT2D eigenvalue weighted by molar-refractivity contribution is 6.08. The summed E-state index contributed by atoms with van der Waals surface area (Å²) in [5.74, 6) is 1.21. The number of amides is 2. The Hall–Kier alpha value is -3.64.